The van der Waals surface area contributed by atoms with E-state index in [9.17, 15) is 0 Å². The van der Waals surface area contributed by atoms with Gasteiger partial charge in [0.15, 0.2) is 0 Å². The van der Waals surface area contributed by atoms with Crippen LogP contribution < -0.4 is 9.80 Å². The normalized spacial score (nSPS) is 16.4. The Morgan fingerprint density at radius 1 is 1.10 bits per heavy atom. The van der Waals surface area contributed by atoms with Crippen LogP contribution in [-0.4, -0.2) is 13.6 Å². The minimum atomic E-state index is 0.907. The molecule has 2 nitrogen and oxygen atoms in total. The third kappa shape index (κ3) is 1.99. The first kappa shape index (κ1) is 13.0. The van der Waals surface area contributed by atoms with Crippen molar-refractivity contribution < 1.29 is 0 Å². The monoisotopic (exact) mass is 340 g/mol. The molecule has 106 valence electrons. The Balaban J connectivity index is 1.73. The van der Waals surface area contributed by atoms with Gasteiger partial charge < -0.3 is 9.80 Å². The molecule has 0 saturated heterocycles. The van der Waals surface area contributed by atoms with Crippen LogP contribution in [0.2, 0.25) is 0 Å². The second-order valence-corrected chi connectivity index (χ2v) is 6.73. The van der Waals surface area contributed by atoms with Crippen LogP contribution in [0, 0.1) is 0 Å². The van der Waals surface area contributed by atoms with Crippen molar-refractivity contribution >= 4 is 33.0 Å². The molecule has 4 rings (SSSR count). The Kier molecular flexibility index (Phi) is 2.86. The Morgan fingerprint density at radius 3 is 2.76 bits per heavy atom. The number of likely N-dealkylation sites (N-methyl/N-ethyl adjacent to an activating group) is 1. The molecule has 0 amide bonds. The SMILES string of the molecule is C=C1c2cc(Br)ccc2CN1c1ccc2c(c1)N(C)CC2. The van der Waals surface area contributed by atoms with Crippen LogP contribution in [0.4, 0.5) is 11.4 Å². The van der Waals surface area contributed by atoms with Gasteiger partial charge in [0, 0.05) is 47.2 Å². The fourth-order valence-electron chi connectivity index (χ4n) is 3.31. The topological polar surface area (TPSA) is 6.48 Å². The van der Waals surface area contributed by atoms with Crippen LogP contribution in [0.3, 0.4) is 0 Å². The van der Waals surface area contributed by atoms with Gasteiger partial charge in [0.25, 0.3) is 0 Å². The molecule has 2 aromatic carbocycles. The van der Waals surface area contributed by atoms with Gasteiger partial charge in [0.2, 0.25) is 0 Å². The molecular weight excluding hydrogens is 324 g/mol. The molecule has 0 fully saturated rings. The summed E-state index contributed by atoms with van der Waals surface area (Å²) in [5.41, 5.74) is 7.73. The predicted molar refractivity (Wildman–Crippen MR) is 92.8 cm³/mol. The smallest absolute Gasteiger partial charge is 0.0488 e. The van der Waals surface area contributed by atoms with Gasteiger partial charge in [0.05, 0.1) is 0 Å². The number of hydrogen-bond donors (Lipinski definition) is 0. The molecule has 3 heteroatoms. The third-order valence-electron chi connectivity index (χ3n) is 4.55. The summed E-state index contributed by atoms with van der Waals surface area (Å²) in [6, 6.07) is 13.2. The molecule has 0 atom stereocenters. The third-order valence-corrected chi connectivity index (χ3v) is 5.04. The molecule has 0 aromatic heterocycles. The molecule has 0 N–H and O–H groups in total. The fraction of sp³-hybridized carbons (Fsp3) is 0.222. The lowest BCUT2D eigenvalue weighted by Gasteiger charge is -2.22. The molecule has 0 aliphatic carbocycles. The number of halogens is 1. The van der Waals surface area contributed by atoms with Crippen molar-refractivity contribution in [3.05, 3.63) is 64.1 Å². The zero-order chi connectivity index (χ0) is 14.6. The zero-order valence-electron chi connectivity index (χ0n) is 12.1. The second kappa shape index (κ2) is 4.63. The van der Waals surface area contributed by atoms with Crippen molar-refractivity contribution in [3.8, 4) is 0 Å². The van der Waals surface area contributed by atoms with Crippen LogP contribution in [0.25, 0.3) is 5.70 Å². The van der Waals surface area contributed by atoms with Crippen LogP contribution in [0.1, 0.15) is 16.7 Å². The van der Waals surface area contributed by atoms with E-state index in [1.165, 1.54) is 28.1 Å². The number of nitrogens with zero attached hydrogens (tertiary/aromatic N) is 2. The Bertz CT molecular complexity index is 751. The summed E-state index contributed by atoms with van der Waals surface area (Å²) in [4.78, 5) is 4.64. The summed E-state index contributed by atoms with van der Waals surface area (Å²) in [7, 11) is 2.17. The van der Waals surface area contributed by atoms with Gasteiger partial charge in [-0.2, -0.15) is 0 Å². The highest BCUT2D eigenvalue weighted by atomic mass is 79.9. The quantitative estimate of drug-likeness (QED) is 0.757. The largest absolute Gasteiger partial charge is 0.374 e. The molecule has 0 radical (unpaired) electrons. The van der Waals surface area contributed by atoms with E-state index in [1.54, 1.807) is 0 Å². The summed E-state index contributed by atoms with van der Waals surface area (Å²) in [5.74, 6) is 0. The first-order valence-corrected chi connectivity index (χ1v) is 8.02. The van der Waals surface area contributed by atoms with Crippen molar-refractivity contribution in [1.29, 1.82) is 0 Å². The van der Waals surface area contributed by atoms with E-state index in [-0.39, 0.29) is 0 Å². The van der Waals surface area contributed by atoms with Gasteiger partial charge >= 0.3 is 0 Å². The molecule has 0 bridgehead atoms. The van der Waals surface area contributed by atoms with E-state index in [0.717, 1.165) is 29.7 Å². The summed E-state index contributed by atoms with van der Waals surface area (Å²) >= 11 is 3.55. The maximum atomic E-state index is 4.30. The summed E-state index contributed by atoms with van der Waals surface area (Å²) in [6.07, 6.45) is 1.15. The highest BCUT2D eigenvalue weighted by Gasteiger charge is 2.25. The van der Waals surface area contributed by atoms with Crippen LogP contribution >= 0.6 is 15.9 Å². The Morgan fingerprint density at radius 2 is 1.90 bits per heavy atom. The van der Waals surface area contributed by atoms with Gasteiger partial charge in [-0.15, -0.1) is 0 Å². The lowest BCUT2D eigenvalue weighted by molar-refractivity contribution is 0.956. The number of benzene rings is 2. The number of anilines is 2. The lowest BCUT2D eigenvalue weighted by Crippen LogP contribution is -2.15. The van der Waals surface area contributed by atoms with E-state index in [1.807, 2.05) is 0 Å². The molecule has 2 aliphatic rings. The summed E-state index contributed by atoms with van der Waals surface area (Å²) in [5, 5.41) is 0. The van der Waals surface area contributed by atoms with E-state index in [0.29, 0.717) is 0 Å². The minimum absolute atomic E-state index is 0.907. The van der Waals surface area contributed by atoms with Crippen molar-refractivity contribution in [3.63, 3.8) is 0 Å². The number of rotatable bonds is 1. The van der Waals surface area contributed by atoms with Gasteiger partial charge in [-0.3, -0.25) is 0 Å². The van der Waals surface area contributed by atoms with Crippen LogP contribution in [0.15, 0.2) is 47.4 Å². The van der Waals surface area contributed by atoms with Crippen LogP contribution in [0.5, 0.6) is 0 Å². The molecule has 0 unspecified atom stereocenters. The van der Waals surface area contributed by atoms with Crippen LogP contribution in [-0.2, 0) is 13.0 Å². The zero-order valence-corrected chi connectivity index (χ0v) is 13.7. The Hall–Kier alpha value is -1.74. The first-order chi connectivity index (χ1) is 10.1. The van der Waals surface area contributed by atoms with Crippen molar-refractivity contribution in [1.82, 2.24) is 0 Å². The van der Waals surface area contributed by atoms with Gasteiger partial charge in [-0.05, 0) is 41.8 Å². The van der Waals surface area contributed by atoms with Crippen molar-refractivity contribution in [2.75, 3.05) is 23.4 Å². The number of hydrogen-bond acceptors (Lipinski definition) is 2. The molecular formula is C18H17BrN2. The van der Waals surface area contributed by atoms with Gasteiger partial charge in [0.1, 0.15) is 0 Å². The van der Waals surface area contributed by atoms with Gasteiger partial charge in [-0.1, -0.05) is 34.6 Å². The highest BCUT2D eigenvalue weighted by Crippen LogP contribution is 2.39. The molecule has 21 heavy (non-hydrogen) atoms. The molecule has 2 aliphatic heterocycles. The average Bonchev–Trinajstić information content (AvgIpc) is 3.01. The van der Waals surface area contributed by atoms with Gasteiger partial charge in [-0.25, -0.2) is 0 Å². The summed E-state index contributed by atoms with van der Waals surface area (Å²) in [6.45, 7) is 6.32. The minimum Gasteiger partial charge on any atom is -0.374 e. The van der Waals surface area contributed by atoms with E-state index in [2.05, 4.69) is 75.8 Å². The Labute approximate surface area is 133 Å². The van der Waals surface area contributed by atoms with Crippen molar-refractivity contribution in [2.24, 2.45) is 0 Å². The molecule has 2 heterocycles. The van der Waals surface area contributed by atoms with E-state index >= 15 is 0 Å². The van der Waals surface area contributed by atoms with Crippen molar-refractivity contribution in [2.45, 2.75) is 13.0 Å². The number of fused-ring (bicyclic) bond motifs is 2. The standard InChI is InChI=1S/C18H17BrN2/c1-12-17-9-15(19)5-3-14(17)11-21(12)16-6-4-13-7-8-20(2)18(13)10-16/h3-6,9-10H,1,7-8,11H2,2H3. The first-order valence-electron chi connectivity index (χ1n) is 7.23. The molecule has 2 aromatic rings. The summed E-state index contributed by atoms with van der Waals surface area (Å²) < 4.78 is 1.11. The lowest BCUT2D eigenvalue weighted by atomic mass is 10.1. The van der Waals surface area contributed by atoms with E-state index < -0.39 is 0 Å². The average molecular weight is 341 g/mol. The molecule has 0 saturated carbocycles. The predicted octanol–water partition coefficient (Wildman–Crippen LogP) is 4.43. The van der Waals surface area contributed by atoms with E-state index in [4.69, 9.17) is 0 Å². The second-order valence-electron chi connectivity index (χ2n) is 5.82. The maximum absolute atomic E-state index is 4.30. The molecule has 0 spiro atoms. The maximum Gasteiger partial charge on any atom is 0.0488 e. The fourth-order valence-corrected chi connectivity index (χ4v) is 3.67. The highest BCUT2D eigenvalue weighted by molar-refractivity contribution is 9.10.